The van der Waals surface area contributed by atoms with Crippen LogP contribution in [0, 0.1) is 0 Å². The Labute approximate surface area is 240 Å². The molecule has 2 amide bonds. The Morgan fingerprint density at radius 3 is 2.39 bits per heavy atom. The number of likely N-dealkylation sites (tertiary alicyclic amines) is 1. The number of amides is 2. The molecule has 3 aromatic heterocycles. The summed E-state index contributed by atoms with van der Waals surface area (Å²) < 4.78 is 7.61. The van der Waals surface area contributed by atoms with Gasteiger partial charge in [-0.2, -0.15) is 0 Å². The number of hydrogen-bond acceptors (Lipinski definition) is 6. The van der Waals surface area contributed by atoms with E-state index >= 15 is 0 Å². The topological polar surface area (TPSA) is 106 Å². The summed E-state index contributed by atoms with van der Waals surface area (Å²) in [5.74, 6) is 0.324. The van der Waals surface area contributed by atoms with E-state index in [1.54, 1.807) is 94.7 Å². The van der Waals surface area contributed by atoms with Gasteiger partial charge >= 0.3 is 0 Å². The lowest BCUT2D eigenvalue weighted by molar-refractivity contribution is 0.0786. The Morgan fingerprint density at radius 2 is 1.63 bits per heavy atom. The van der Waals surface area contributed by atoms with Crippen molar-refractivity contribution in [3.05, 3.63) is 118 Å². The second-order valence-corrected chi connectivity index (χ2v) is 9.99. The quantitative estimate of drug-likeness (QED) is 0.282. The predicted molar refractivity (Wildman–Crippen MR) is 156 cm³/mol. The minimum Gasteiger partial charge on any atom is -0.457 e. The summed E-state index contributed by atoms with van der Waals surface area (Å²) in [6, 6.07) is 20.3. The Hall–Kier alpha value is -5.02. The standard InChI is InChI=1S/C31H24ClN5O4/c32-20-5-9-22(10-6-20)37-19-26(28(38)25-4-3-14-34-29(25)37)30(39)35-21-7-11-23(12-8-21)41-24-13-15-33-27(18-24)31(40)36-16-1-2-17-36/h3-15,18-19H,1-2,16-17H2,(H,35,39). The lowest BCUT2D eigenvalue weighted by Gasteiger charge is -2.15. The van der Waals surface area contributed by atoms with E-state index < -0.39 is 11.3 Å². The fraction of sp³-hybridized carbons (Fsp3) is 0.129. The van der Waals surface area contributed by atoms with Gasteiger partial charge in [0.2, 0.25) is 5.43 Å². The monoisotopic (exact) mass is 565 g/mol. The number of anilines is 1. The van der Waals surface area contributed by atoms with Crippen molar-refractivity contribution in [2.45, 2.75) is 12.8 Å². The molecule has 10 heteroatoms. The van der Waals surface area contributed by atoms with Crippen LogP contribution in [-0.2, 0) is 0 Å². The number of carbonyl (C=O) groups excluding carboxylic acids is 2. The second kappa shape index (κ2) is 11.2. The van der Waals surface area contributed by atoms with Crippen LogP contribution >= 0.6 is 11.6 Å². The molecule has 1 N–H and O–H groups in total. The van der Waals surface area contributed by atoms with E-state index in [0.29, 0.717) is 44.6 Å². The van der Waals surface area contributed by atoms with Crippen molar-refractivity contribution >= 4 is 40.1 Å². The summed E-state index contributed by atoms with van der Waals surface area (Å²) in [7, 11) is 0. The van der Waals surface area contributed by atoms with Gasteiger partial charge in [0.15, 0.2) is 0 Å². The molecular formula is C31H24ClN5O4. The van der Waals surface area contributed by atoms with E-state index in [1.165, 1.54) is 6.20 Å². The molecule has 1 aliphatic heterocycles. The van der Waals surface area contributed by atoms with Crippen LogP contribution < -0.4 is 15.5 Å². The van der Waals surface area contributed by atoms with Crippen molar-refractivity contribution in [1.82, 2.24) is 19.4 Å². The van der Waals surface area contributed by atoms with Gasteiger partial charge in [-0.15, -0.1) is 0 Å². The Kier molecular flexibility index (Phi) is 7.18. The number of aromatic nitrogens is 3. The summed E-state index contributed by atoms with van der Waals surface area (Å²) in [4.78, 5) is 49.5. The minimum atomic E-state index is -0.559. The number of benzene rings is 2. The van der Waals surface area contributed by atoms with Crippen molar-refractivity contribution in [2.75, 3.05) is 18.4 Å². The molecule has 0 aliphatic carbocycles. The van der Waals surface area contributed by atoms with Gasteiger partial charge < -0.3 is 19.5 Å². The van der Waals surface area contributed by atoms with Gasteiger partial charge in [0.25, 0.3) is 11.8 Å². The molecule has 6 rings (SSSR count). The molecule has 0 atom stereocenters. The molecule has 5 aromatic rings. The molecule has 0 radical (unpaired) electrons. The minimum absolute atomic E-state index is 0.0345. The highest BCUT2D eigenvalue weighted by atomic mass is 35.5. The molecule has 9 nitrogen and oxygen atoms in total. The first-order chi connectivity index (χ1) is 20.0. The van der Waals surface area contributed by atoms with Crippen molar-refractivity contribution in [3.63, 3.8) is 0 Å². The maximum Gasteiger partial charge on any atom is 0.272 e. The first kappa shape index (κ1) is 26.2. The molecule has 0 unspecified atom stereocenters. The Balaban J connectivity index is 1.21. The average Bonchev–Trinajstić information content (AvgIpc) is 3.54. The first-order valence-electron chi connectivity index (χ1n) is 13.1. The van der Waals surface area contributed by atoms with Gasteiger partial charge in [-0.3, -0.25) is 19.4 Å². The third-order valence-electron chi connectivity index (χ3n) is 6.80. The largest absolute Gasteiger partial charge is 0.457 e. The van der Waals surface area contributed by atoms with Crippen LogP contribution in [-0.4, -0.2) is 44.3 Å². The van der Waals surface area contributed by atoms with Gasteiger partial charge in [-0.1, -0.05) is 11.6 Å². The second-order valence-electron chi connectivity index (χ2n) is 9.55. The molecule has 41 heavy (non-hydrogen) atoms. The van der Waals surface area contributed by atoms with Gasteiger partial charge in [0, 0.05) is 54.1 Å². The number of nitrogens with one attached hydrogen (secondary N) is 1. The number of ether oxygens (including phenoxy) is 1. The van der Waals surface area contributed by atoms with Crippen LogP contribution in [0.15, 0.2) is 96.2 Å². The van der Waals surface area contributed by atoms with Crippen molar-refractivity contribution in [1.29, 1.82) is 0 Å². The lowest BCUT2D eigenvalue weighted by Crippen LogP contribution is -2.28. The summed E-state index contributed by atoms with van der Waals surface area (Å²) in [6.07, 6.45) is 6.62. The maximum atomic E-state index is 13.3. The lowest BCUT2D eigenvalue weighted by atomic mass is 10.1. The smallest absolute Gasteiger partial charge is 0.272 e. The molecular weight excluding hydrogens is 542 g/mol. The van der Waals surface area contributed by atoms with Crippen molar-refractivity contribution in [2.24, 2.45) is 0 Å². The highest BCUT2D eigenvalue weighted by Gasteiger charge is 2.21. The highest BCUT2D eigenvalue weighted by molar-refractivity contribution is 6.30. The average molecular weight is 566 g/mol. The third kappa shape index (κ3) is 5.53. The van der Waals surface area contributed by atoms with E-state index in [-0.39, 0.29) is 11.5 Å². The van der Waals surface area contributed by atoms with E-state index in [0.717, 1.165) is 25.9 Å². The van der Waals surface area contributed by atoms with Gasteiger partial charge in [0.05, 0.1) is 5.39 Å². The molecule has 0 saturated carbocycles. The molecule has 4 heterocycles. The maximum absolute atomic E-state index is 13.3. The SMILES string of the molecule is O=C(Nc1ccc(Oc2ccnc(C(=O)N3CCCC3)c2)cc1)c1cn(-c2ccc(Cl)cc2)c2ncccc2c1=O. The van der Waals surface area contributed by atoms with Crippen LogP contribution in [0.3, 0.4) is 0 Å². The van der Waals surface area contributed by atoms with Crippen LogP contribution in [0.25, 0.3) is 16.7 Å². The summed E-state index contributed by atoms with van der Waals surface area (Å²) in [5, 5.41) is 3.67. The molecule has 1 saturated heterocycles. The Bertz CT molecular complexity index is 1810. The fourth-order valence-corrected chi connectivity index (χ4v) is 4.86. The van der Waals surface area contributed by atoms with Crippen LogP contribution in [0.2, 0.25) is 5.02 Å². The molecule has 1 aliphatic rings. The normalized spacial score (nSPS) is 12.9. The predicted octanol–water partition coefficient (Wildman–Crippen LogP) is 5.71. The molecule has 2 aromatic carbocycles. The van der Waals surface area contributed by atoms with E-state index in [4.69, 9.17) is 16.3 Å². The van der Waals surface area contributed by atoms with Crippen molar-refractivity contribution < 1.29 is 14.3 Å². The molecule has 204 valence electrons. The van der Waals surface area contributed by atoms with E-state index in [9.17, 15) is 14.4 Å². The highest BCUT2D eigenvalue weighted by Crippen LogP contribution is 2.25. The number of fused-ring (bicyclic) bond motifs is 1. The summed E-state index contributed by atoms with van der Waals surface area (Å²) in [5.41, 5.74) is 1.49. The van der Waals surface area contributed by atoms with Crippen LogP contribution in [0.4, 0.5) is 5.69 Å². The molecule has 0 bridgehead atoms. The number of halogens is 1. The summed E-state index contributed by atoms with van der Waals surface area (Å²) in [6.45, 7) is 1.48. The van der Waals surface area contributed by atoms with Crippen LogP contribution in [0.5, 0.6) is 11.5 Å². The third-order valence-corrected chi connectivity index (χ3v) is 7.06. The van der Waals surface area contributed by atoms with Crippen LogP contribution in [0.1, 0.15) is 33.7 Å². The van der Waals surface area contributed by atoms with Gasteiger partial charge in [-0.05, 0) is 79.6 Å². The number of carbonyl (C=O) groups is 2. The number of hydrogen-bond donors (Lipinski definition) is 1. The molecule has 0 spiro atoms. The number of nitrogens with zero attached hydrogens (tertiary/aromatic N) is 4. The zero-order valence-corrected chi connectivity index (χ0v) is 22.5. The number of pyridine rings is 3. The zero-order valence-electron chi connectivity index (χ0n) is 21.8. The first-order valence-corrected chi connectivity index (χ1v) is 13.4. The summed E-state index contributed by atoms with van der Waals surface area (Å²) >= 11 is 6.05. The fourth-order valence-electron chi connectivity index (χ4n) is 4.74. The van der Waals surface area contributed by atoms with Gasteiger partial charge in [0.1, 0.15) is 28.4 Å². The number of rotatable bonds is 6. The Morgan fingerprint density at radius 1 is 0.878 bits per heavy atom. The van der Waals surface area contributed by atoms with E-state index in [1.807, 2.05) is 0 Å². The van der Waals surface area contributed by atoms with E-state index in [2.05, 4.69) is 15.3 Å². The zero-order chi connectivity index (χ0) is 28.3. The van der Waals surface area contributed by atoms with Gasteiger partial charge in [-0.25, -0.2) is 4.98 Å². The van der Waals surface area contributed by atoms with Crippen molar-refractivity contribution in [3.8, 4) is 17.2 Å². The molecule has 1 fully saturated rings.